The van der Waals surface area contributed by atoms with Crippen molar-refractivity contribution in [2.24, 2.45) is 0 Å². The lowest BCUT2D eigenvalue weighted by Gasteiger charge is -2.13. The average molecular weight is 359 g/mol. The second-order valence-electron chi connectivity index (χ2n) is 5.16. The normalized spacial score (nSPS) is 11.0. The highest BCUT2D eigenvalue weighted by Crippen LogP contribution is 2.34. The van der Waals surface area contributed by atoms with Gasteiger partial charge >= 0.3 is 12.2 Å². The van der Waals surface area contributed by atoms with E-state index in [1.54, 1.807) is 6.07 Å². The maximum Gasteiger partial charge on any atom is 0.418 e. The monoisotopic (exact) mass is 359 g/mol. The largest absolute Gasteiger partial charge is 0.424 e. The number of amides is 1. The van der Waals surface area contributed by atoms with Gasteiger partial charge in [0.15, 0.2) is 0 Å². The molecule has 0 unspecified atom stereocenters. The lowest BCUT2D eigenvalue weighted by molar-refractivity contribution is -0.136. The topological polar surface area (TPSA) is 64.1 Å². The van der Waals surface area contributed by atoms with Gasteiger partial charge in [-0.2, -0.15) is 13.2 Å². The molecule has 0 radical (unpaired) electrons. The number of para-hydroxylation sites is 1. The van der Waals surface area contributed by atoms with Crippen molar-refractivity contribution in [3.8, 4) is 11.8 Å². The summed E-state index contributed by atoms with van der Waals surface area (Å²) in [4.78, 5) is 20.0. The minimum absolute atomic E-state index is 0.142. The van der Waals surface area contributed by atoms with Crippen molar-refractivity contribution in [2.75, 3.05) is 5.32 Å². The minimum atomic E-state index is -4.56. The van der Waals surface area contributed by atoms with E-state index in [1.165, 1.54) is 54.9 Å². The van der Waals surface area contributed by atoms with Gasteiger partial charge in [0.2, 0.25) is 0 Å². The molecule has 0 atom stereocenters. The molecule has 2 aromatic carbocycles. The molecule has 3 aromatic rings. The van der Waals surface area contributed by atoms with E-state index in [2.05, 4.69) is 15.3 Å². The predicted molar refractivity (Wildman–Crippen MR) is 87.9 cm³/mol. The Morgan fingerprint density at radius 3 is 2.23 bits per heavy atom. The number of rotatable bonds is 4. The SMILES string of the molecule is O=C(Nc1ccccc1C(F)(F)F)c1ccc(Oc2ncccn2)cc1. The van der Waals surface area contributed by atoms with Crippen LogP contribution in [0.25, 0.3) is 0 Å². The molecule has 0 bridgehead atoms. The highest BCUT2D eigenvalue weighted by atomic mass is 19.4. The summed E-state index contributed by atoms with van der Waals surface area (Å²) in [7, 11) is 0. The van der Waals surface area contributed by atoms with Crippen molar-refractivity contribution >= 4 is 11.6 Å². The van der Waals surface area contributed by atoms with Crippen LogP contribution in [0.15, 0.2) is 67.0 Å². The molecule has 1 amide bonds. The van der Waals surface area contributed by atoms with Crippen LogP contribution in [0.5, 0.6) is 11.8 Å². The van der Waals surface area contributed by atoms with Crippen molar-refractivity contribution < 1.29 is 22.7 Å². The Kier molecular flexibility index (Phi) is 4.83. The van der Waals surface area contributed by atoms with Crippen molar-refractivity contribution in [3.05, 3.63) is 78.1 Å². The highest BCUT2D eigenvalue weighted by Gasteiger charge is 2.33. The van der Waals surface area contributed by atoms with Gasteiger partial charge in [0.1, 0.15) is 5.75 Å². The van der Waals surface area contributed by atoms with Crippen LogP contribution in [0.2, 0.25) is 0 Å². The van der Waals surface area contributed by atoms with Crippen LogP contribution < -0.4 is 10.1 Å². The molecule has 0 fully saturated rings. The van der Waals surface area contributed by atoms with Gasteiger partial charge in [0.05, 0.1) is 11.3 Å². The number of carbonyl (C=O) groups excluding carboxylic acids is 1. The molecule has 26 heavy (non-hydrogen) atoms. The van der Waals surface area contributed by atoms with Crippen molar-refractivity contribution in [3.63, 3.8) is 0 Å². The zero-order valence-corrected chi connectivity index (χ0v) is 13.2. The van der Waals surface area contributed by atoms with E-state index in [4.69, 9.17) is 4.74 Å². The van der Waals surface area contributed by atoms with Crippen molar-refractivity contribution in [1.29, 1.82) is 0 Å². The maximum absolute atomic E-state index is 13.0. The molecule has 1 heterocycles. The third-order valence-corrected chi connectivity index (χ3v) is 3.35. The molecule has 132 valence electrons. The number of ether oxygens (including phenoxy) is 1. The first-order valence-electron chi connectivity index (χ1n) is 7.46. The van der Waals surface area contributed by atoms with Crippen LogP contribution in [0.3, 0.4) is 0 Å². The summed E-state index contributed by atoms with van der Waals surface area (Å²) < 4.78 is 44.3. The number of benzene rings is 2. The van der Waals surface area contributed by atoms with Gasteiger partial charge in [-0.05, 0) is 42.5 Å². The van der Waals surface area contributed by atoms with Crippen LogP contribution in [0, 0.1) is 0 Å². The second-order valence-corrected chi connectivity index (χ2v) is 5.16. The summed E-state index contributed by atoms with van der Waals surface area (Å²) in [5, 5.41) is 2.28. The van der Waals surface area contributed by atoms with Gasteiger partial charge in [-0.3, -0.25) is 4.79 Å². The molecule has 0 aliphatic heterocycles. The van der Waals surface area contributed by atoms with Crippen LogP contribution in [-0.2, 0) is 6.18 Å². The molecule has 0 spiro atoms. The van der Waals surface area contributed by atoms with Crippen LogP contribution >= 0.6 is 0 Å². The summed E-state index contributed by atoms with van der Waals surface area (Å²) in [6, 6.07) is 12.4. The summed E-state index contributed by atoms with van der Waals surface area (Å²) in [5.74, 6) is -0.271. The zero-order valence-electron chi connectivity index (χ0n) is 13.2. The molecule has 8 heteroatoms. The Balaban J connectivity index is 1.73. The van der Waals surface area contributed by atoms with Gasteiger partial charge in [-0.1, -0.05) is 12.1 Å². The number of hydrogen-bond acceptors (Lipinski definition) is 4. The smallest absolute Gasteiger partial charge is 0.418 e. The zero-order chi connectivity index (χ0) is 18.6. The van der Waals surface area contributed by atoms with E-state index >= 15 is 0 Å². The van der Waals surface area contributed by atoms with Gasteiger partial charge in [0.25, 0.3) is 5.91 Å². The summed E-state index contributed by atoms with van der Waals surface area (Å²) in [6.45, 7) is 0. The number of nitrogens with one attached hydrogen (secondary N) is 1. The Morgan fingerprint density at radius 1 is 0.923 bits per heavy atom. The number of carbonyl (C=O) groups is 1. The first-order chi connectivity index (χ1) is 12.4. The number of alkyl halides is 3. The summed E-state index contributed by atoms with van der Waals surface area (Å²) >= 11 is 0. The van der Waals surface area contributed by atoms with Gasteiger partial charge in [0, 0.05) is 18.0 Å². The Morgan fingerprint density at radius 2 is 1.58 bits per heavy atom. The van der Waals surface area contributed by atoms with Crippen LogP contribution in [0.4, 0.5) is 18.9 Å². The molecule has 0 saturated carbocycles. The third kappa shape index (κ3) is 4.15. The number of hydrogen-bond donors (Lipinski definition) is 1. The molecule has 0 saturated heterocycles. The fraction of sp³-hybridized carbons (Fsp3) is 0.0556. The van der Waals surface area contributed by atoms with Gasteiger partial charge < -0.3 is 10.1 Å². The van der Waals surface area contributed by atoms with Crippen LogP contribution in [-0.4, -0.2) is 15.9 Å². The first-order valence-corrected chi connectivity index (χ1v) is 7.46. The lowest BCUT2D eigenvalue weighted by atomic mass is 10.1. The van der Waals surface area contributed by atoms with E-state index in [0.717, 1.165) is 6.07 Å². The molecular weight excluding hydrogens is 347 g/mol. The minimum Gasteiger partial charge on any atom is -0.424 e. The Labute approximate surface area is 146 Å². The van der Waals surface area contributed by atoms with Crippen molar-refractivity contribution in [2.45, 2.75) is 6.18 Å². The number of anilines is 1. The first kappa shape index (κ1) is 17.4. The van der Waals surface area contributed by atoms with E-state index in [0.29, 0.717) is 5.75 Å². The fourth-order valence-electron chi connectivity index (χ4n) is 2.15. The predicted octanol–water partition coefficient (Wildman–Crippen LogP) is 4.54. The average Bonchev–Trinajstić information content (AvgIpc) is 2.63. The summed E-state index contributed by atoms with van der Waals surface area (Å²) in [6.07, 6.45) is -1.53. The van der Waals surface area contributed by atoms with Gasteiger partial charge in [-0.15, -0.1) is 0 Å². The van der Waals surface area contributed by atoms with Crippen LogP contribution in [0.1, 0.15) is 15.9 Å². The molecule has 5 nitrogen and oxygen atoms in total. The van der Waals surface area contributed by atoms with E-state index in [9.17, 15) is 18.0 Å². The highest BCUT2D eigenvalue weighted by molar-refractivity contribution is 6.04. The van der Waals surface area contributed by atoms with E-state index < -0.39 is 17.6 Å². The second kappa shape index (κ2) is 7.22. The molecule has 0 aliphatic carbocycles. The van der Waals surface area contributed by atoms with E-state index in [1.807, 2.05) is 0 Å². The Hall–Kier alpha value is -3.42. The summed E-state index contributed by atoms with van der Waals surface area (Å²) in [5.41, 5.74) is -1.03. The van der Waals surface area contributed by atoms with E-state index in [-0.39, 0.29) is 17.3 Å². The number of halogens is 3. The molecule has 0 aliphatic rings. The quantitative estimate of drug-likeness (QED) is 0.743. The molecule has 3 rings (SSSR count). The molecular formula is C18H12F3N3O2. The standard InChI is InChI=1S/C18H12F3N3O2/c19-18(20,21)14-4-1-2-5-15(14)24-16(25)12-6-8-13(9-7-12)26-17-22-10-3-11-23-17/h1-11H,(H,24,25). The number of nitrogens with zero attached hydrogens (tertiary/aromatic N) is 2. The Bertz CT molecular complexity index is 898. The molecule has 1 aromatic heterocycles. The lowest BCUT2D eigenvalue weighted by Crippen LogP contribution is -2.16. The third-order valence-electron chi connectivity index (χ3n) is 3.35. The molecule has 1 N–H and O–H groups in total. The van der Waals surface area contributed by atoms with Gasteiger partial charge in [-0.25, -0.2) is 9.97 Å². The van der Waals surface area contributed by atoms with Crippen molar-refractivity contribution in [1.82, 2.24) is 9.97 Å². The fourth-order valence-corrected chi connectivity index (χ4v) is 2.15. The number of aromatic nitrogens is 2. The maximum atomic E-state index is 13.0.